The summed E-state index contributed by atoms with van der Waals surface area (Å²) >= 11 is 0. The van der Waals surface area contributed by atoms with E-state index in [1.807, 2.05) is 31.3 Å². The lowest BCUT2D eigenvalue weighted by atomic mass is 9.98. The fourth-order valence-electron chi connectivity index (χ4n) is 3.07. The molecule has 1 atom stereocenters. The first-order valence-electron chi connectivity index (χ1n) is 8.74. The van der Waals surface area contributed by atoms with Crippen LogP contribution in [-0.4, -0.2) is 23.8 Å². The topological polar surface area (TPSA) is 83.7 Å². The molecule has 0 fully saturated rings. The van der Waals surface area contributed by atoms with Gasteiger partial charge in [0.05, 0.1) is 0 Å². The molecule has 138 valence electrons. The second-order valence-corrected chi connectivity index (χ2v) is 6.93. The molecule has 0 saturated heterocycles. The number of ether oxygens (including phenoxy) is 3. The highest BCUT2D eigenvalue weighted by molar-refractivity contribution is 5.75. The molecule has 2 aromatic rings. The Kier molecular flexibility index (Phi) is 5.30. The number of hydrogen-bond acceptors (Lipinski definition) is 5. The number of carbonyl (C=O) groups excluding carboxylic acids is 1. The van der Waals surface area contributed by atoms with Crippen molar-refractivity contribution < 1.29 is 19.0 Å². The molecule has 6 nitrogen and oxygen atoms in total. The first kappa shape index (κ1) is 18.0. The van der Waals surface area contributed by atoms with Gasteiger partial charge in [-0.05, 0) is 43.0 Å². The van der Waals surface area contributed by atoms with Gasteiger partial charge in [0.15, 0.2) is 0 Å². The monoisotopic (exact) mass is 356 g/mol. The van der Waals surface area contributed by atoms with Gasteiger partial charge >= 0.3 is 6.09 Å². The van der Waals surface area contributed by atoms with E-state index in [0.29, 0.717) is 24.7 Å². The molecule has 2 heterocycles. The molecular weight excluding hydrogens is 332 g/mol. The van der Waals surface area contributed by atoms with Crippen LogP contribution in [0.3, 0.4) is 0 Å². The second kappa shape index (κ2) is 7.64. The first-order valence-corrected chi connectivity index (χ1v) is 8.74. The third-order valence-corrected chi connectivity index (χ3v) is 4.20. The van der Waals surface area contributed by atoms with E-state index in [9.17, 15) is 4.79 Å². The minimum absolute atomic E-state index is 0.250. The van der Waals surface area contributed by atoms with Crippen LogP contribution in [-0.2, 0) is 11.3 Å². The number of rotatable bonds is 6. The molecular formula is C20H24N2O4. The van der Waals surface area contributed by atoms with Crippen LogP contribution >= 0.6 is 0 Å². The molecule has 1 aliphatic rings. The van der Waals surface area contributed by atoms with E-state index >= 15 is 0 Å². The molecule has 0 aliphatic carbocycles. The minimum Gasteiger partial charge on any atom is -0.490 e. The number of carbonyl (C=O) groups is 1. The minimum atomic E-state index is -0.784. The molecule has 0 radical (unpaired) electrons. The Morgan fingerprint density at radius 2 is 2.12 bits per heavy atom. The van der Waals surface area contributed by atoms with Gasteiger partial charge in [0.25, 0.3) is 0 Å². The number of primary amides is 1. The molecule has 0 spiro atoms. The van der Waals surface area contributed by atoms with Crippen molar-refractivity contribution in [2.75, 3.05) is 6.61 Å². The van der Waals surface area contributed by atoms with Crippen LogP contribution in [0.5, 0.6) is 11.5 Å². The molecule has 2 N–H and O–H groups in total. The van der Waals surface area contributed by atoms with Gasteiger partial charge < -0.3 is 19.9 Å². The maximum atomic E-state index is 11.1. The van der Waals surface area contributed by atoms with Crippen molar-refractivity contribution in [2.45, 2.75) is 39.9 Å². The molecule has 1 unspecified atom stereocenters. The molecule has 0 bridgehead atoms. The van der Waals surface area contributed by atoms with Gasteiger partial charge in [0.2, 0.25) is 0 Å². The van der Waals surface area contributed by atoms with Crippen molar-refractivity contribution in [2.24, 2.45) is 11.7 Å². The Hall–Kier alpha value is -2.76. The van der Waals surface area contributed by atoms with Gasteiger partial charge in [0.1, 0.15) is 30.8 Å². The van der Waals surface area contributed by atoms with E-state index in [1.165, 1.54) is 0 Å². The van der Waals surface area contributed by atoms with Gasteiger partial charge in [0, 0.05) is 29.1 Å². The van der Waals surface area contributed by atoms with Crippen molar-refractivity contribution in [3.8, 4) is 22.6 Å². The Balaban J connectivity index is 1.74. The molecule has 0 saturated carbocycles. The van der Waals surface area contributed by atoms with Crippen LogP contribution in [0, 0.1) is 12.8 Å². The summed E-state index contributed by atoms with van der Waals surface area (Å²) in [6.45, 7) is 6.82. The Labute approximate surface area is 153 Å². The van der Waals surface area contributed by atoms with Crippen molar-refractivity contribution in [1.82, 2.24) is 4.98 Å². The van der Waals surface area contributed by atoms with Crippen LogP contribution < -0.4 is 15.2 Å². The van der Waals surface area contributed by atoms with Crippen molar-refractivity contribution in [1.29, 1.82) is 0 Å². The van der Waals surface area contributed by atoms with E-state index < -0.39 is 6.09 Å². The smallest absolute Gasteiger partial charge is 0.404 e. The number of pyridine rings is 1. The zero-order chi connectivity index (χ0) is 18.7. The average Bonchev–Trinajstić information content (AvgIpc) is 2.58. The Bertz CT molecular complexity index is 804. The van der Waals surface area contributed by atoms with E-state index in [-0.39, 0.29) is 12.7 Å². The highest BCUT2D eigenvalue weighted by Crippen LogP contribution is 2.39. The highest BCUT2D eigenvalue weighted by Gasteiger charge is 2.20. The zero-order valence-electron chi connectivity index (χ0n) is 15.3. The number of hydrogen-bond donors (Lipinski definition) is 1. The zero-order valence-corrected chi connectivity index (χ0v) is 15.3. The van der Waals surface area contributed by atoms with E-state index in [4.69, 9.17) is 19.9 Å². The summed E-state index contributed by atoms with van der Waals surface area (Å²) in [5, 5.41) is 0. The third kappa shape index (κ3) is 4.25. The predicted octanol–water partition coefficient (Wildman–Crippen LogP) is 3.84. The summed E-state index contributed by atoms with van der Waals surface area (Å²) in [4.78, 5) is 15.4. The predicted molar refractivity (Wildman–Crippen MR) is 98.1 cm³/mol. The lowest BCUT2D eigenvalue weighted by Gasteiger charge is -2.22. The van der Waals surface area contributed by atoms with Crippen LogP contribution in [0.15, 0.2) is 30.5 Å². The number of fused-ring (bicyclic) bond motifs is 3. The summed E-state index contributed by atoms with van der Waals surface area (Å²) in [6, 6.07) is 7.81. The maximum absolute atomic E-state index is 11.1. The number of nitrogens with two attached hydrogens (primary N) is 1. The van der Waals surface area contributed by atoms with Crippen LogP contribution in [0.25, 0.3) is 11.1 Å². The highest BCUT2D eigenvalue weighted by atomic mass is 16.6. The number of nitrogens with zero attached hydrogens (tertiary/aromatic N) is 1. The summed E-state index contributed by atoms with van der Waals surface area (Å²) in [6.07, 6.45) is 1.38. The molecule has 1 amide bonds. The maximum Gasteiger partial charge on any atom is 0.404 e. The lowest BCUT2D eigenvalue weighted by Crippen LogP contribution is -2.29. The van der Waals surface area contributed by atoms with Gasteiger partial charge in [-0.15, -0.1) is 0 Å². The van der Waals surface area contributed by atoms with Gasteiger partial charge in [-0.3, -0.25) is 4.98 Å². The average molecular weight is 356 g/mol. The van der Waals surface area contributed by atoms with E-state index in [0.717, 1.165) is 28.1 Å². The molecule has 6 heteroatoms. The Morgan fingerprint density at radius 3 is 2.85 bits per heavy atom. The number of benzene rings is 1. The van der Waals surface area contributed by atoms with E-state index in [2.05, 4.69) is 24.9 Å². The molecule has 3 rings (SSSR count). The molecule has 26 heavy (non-hydrogen) atoms. The SMILES string of the molecule is Cc1cc2c(cn1)COc1cc(OCC(CC(C)C)OC(N)=O)ccc1-2. The first-order chi connectivity index (χ1) is 12.4. The van der Waals surface area contributed by atoms with Gasteiger partial charge in [-0.2, -0.15) is 0 Å². The summed E-state index contributed by atoms with van der Waals surface area (Å²) in [5.74, 6) is 1.81. The number of aromatic nitrogens is 1. The molecule has 1 aromatic heterocycles. The van der Waals surface area contributed by atoms with Crippen molar-refractivity contribution in [3.05, 3.63) is 41.7 Å². The quantitative estimate of drug-likeness (QED) is 0.850. The lowest BCUT2D eigenvalue weighted by molar-refractivity contribution is 0.0590. The third-order valence-electron chi connectivity index (χ3n) is 4.20. The number of amides is 1. The van der Waals surface area contributed by atoms with Gasteiger partial charge in [-0.25, -0.2) is 4.79 Å². The summed E-state index contributed by atoms with van der Waals surface area (Å²) in [7, 11) is 0. The standard InChI is InChI=1S/C20H24N2O4/c1-12(2)6-16(26-20(21)23)11-24-15-4-5-17-18-7-13(3)22-9-14(18)10-25-19(17)8-15/h4-5,7-9,12,16H,6,10-11H2,1-3H3,(H2,21,23). The van der Waals surface area contributed by atoms with Crippen molar-refractivity contribution >= 4 is 6.09 Å². The van der Waals surface area contributed by atoms with Crippen LogP contribution in [0.4, 0.5) is 4.79 Å². The van der Waals surface area contributed by atoms with Crippen LogP contribution in [0.2, 0.25) is 0 Å². The fraction of sp³-hybridized carbons (Fsp3) is 0.400. The molecule has 1 aliphatic heterocycles. The number of aryl methyl sites for hydroxylation is 1. The second-order valence-electron chi connectivity index (χ2n) is 6.93. The normalized spacial score (nSPS) is 13.4. The van der Waals surface area contributed by atoms with Gasteiger partial charge in [-0.1, -0.05) is 13.8 Å². The summed E-state index contributed by atoms with van der Waals surface area (Å²) < 4.78 is 16.8. The molecule has 1 aromatic carbocycles. The Morgan fingerprint density at radius 1 is 1.31 bits per heavy atom. The van der Waals surface area contributed by atoms with E-state index in [1.54, 1.807) is 0 Å². The largest absolute Gasteiger partial charge is 0.490 e. The van der Waals surface area contributed by atoms with Crippen LogP contribution in [0.1, 0.15) is 31.5 Å². The van der Waals surface area contributed by atoms with Crippen molar-refractivity contribution in [3.63, 3.8) is 0 Å². The fourth-order valence-corrected chi connectivity index (χ4v) is 3.07. The summed E-state index contributed by atoms with van der Waals surface area (Å²) in [5.41, 5.74) is 9.35.